The molecule has 0 aliphatic heterocycles. The summed E-state index contributed by atoms with van der Waals surface area (Å²) in [6.07, 6.45) is 4.92. The van der Waals surface area contributed by atoms with Crippen LogP contribution in [0.1, 0.15) is 22.9 Å². The van der Waals surface area contributed by atoms with Crippen LogP contribution in [0.5, 0.6) is 0 Å². The van der Waals surface area contributed by atoms with E-state index in [9.17, 15) is 0 Å². The average molecular weight is 280 g/mol. The Morgan fingerprint density at radius 2 is 2.10 bits per heavy atom. The molecule has 4 nitrogen and oxygen atoms in total. The minimum atomic E-state index is 0.251. The zero-order valence-electron chi connectivity index (χ0n) is 12.7. The van der Waals surface area contributed by atoms with Crippen LogP contribution < -0.4 is 5.32 Å². The molecule has 0 spiro atoms. The zero-order valence-corrected chi connectivity index (χ0v) is 12.7. The molecule has 0 radical (unpaired) electrons. The Kier molecular flexibility index (Phi) is 3.71. The van der Waals surface area contributed by atoms with E-state index in [-0.39, 0.29) is 6.04 Å². The highest BCUT2D eigenvalue weighted by Crippen LogP contribution is 2.26. The Bertz CT molecular complexity index is 760. The van der Waals surface area contributed by atoms with Gasteiger partial charge in [0.15, 0.2) is 0 Å². The molecule has 0 fully saturated rings. The molecule has 1 aromatic carbocycles. The first kappa shape index (κ1) is 13.8. The third kappa shape index (κ3) is 2.81. The van der Waals surface area contributed by atoms with Crippen molar-refractivity contribution in [1.82, 2.24) is 20.1 Å². The molecule has 1 unspecified atom stereocenters. The summed E-state index contributed by atoms with van der Waals surface area (Å²) < 4.78 is 1.85. The predicted octanol–water partition coefficient (Wildman–Crippen LogP) is 2.78. The lowest BCUT2D eigenvalue weighted by Crippen LogP contribution is -2.19. The highest BCUT2D eigenvalue weighted by Gasteiger charge is 2.15. The van der Waals surface area contributed by atoms with E-state index in [1.54, 1.807) is 0 Å². The van der Waals surface area contributed by atoms with E-state index in [4.69, 9.17) is 0 Å². The van der Waals surface area contributed by atoms with Crippen molar-refractivity contribution < 1.29 is 0 Å². The third-order valence-electron chi connectivity index (χ3n) is 3.80. The summed E-state index contributed by atoms with van der Waals surface area (Å²) in [5, 5.41) is 8.90. The van der Waals surface area contributed by atoms with Gasteiger partial charge < -0.3 is 5.32 Å². The smallest absolute Gasteiger partial charge is 0.0708 e. The minimum absolute atomic E-state index is 0.251. The fraction of sp³-hybridized carbons (Fsp3) is 0.294. The number of rotatable bonds is 4. The van der Waals surface area contributed by atoms with E-state index in [1.807, 2.05) is 38.0 Å². The molecule has 0 aliphatic rings. The van der Waals surface area contributed by atoms with Gasteiger partial charge in [-0.2, -0.15) is 5.10 Å². The van der Waals surface area contributed by atoms with Gasteiger partial charge in [-0.3, -0.25) is 9.67 Å². The summed E-state index contributed by atoms with van der Waals surface area (Å²) in [6, 6.07) is 10.8. The topological polar surface area (TPSA) is 42.7 Å². The number of para-hydroxylation sites is 1. The molecule has 1 N–H and O–H groups in total. The van der Waals surface area contributed by atoms with Gasteiger partial charge in [0.25, 0.3) is 0 Å². The monoisotopic (exact) mass is 280 g/mol. The Labute approximate surface area is 124 Å². The van der Waals surface area contributed by atoms with Crippen molar-refractivity contribution in [3.05, 3.63) is 59.5 Å². The molecule has 0 bridgehead atoms. The van der Waals surface area contributed by atoms with Gasteiger partial charge in [-0.25, -0.2) is 0 Å². The van der Waals surface area contributed by atoms with Crippen LogP contribution in [0.15, 0.2) is 42.7 Å². The summed E-state index contributed by atoms with van der Waals surface area (Å²) in [5.74, 6) is 0. The van der Waals surface area contributed by atoms with Crippen LogP contribution in [0.3, 0.4) is 0 Å². The number of nitrogens with one attached hydrogen (secondary N) is 1. The van der Waals surface area contributed by atoms with Gasteiger partial charge in [0.1, 0.15) is 0 Å². The van der Waals surface area contributed by atoms with E-state index >= 15 is 0 Å². The quantitative estimate of drug-likeness (QED) is 0.799. The Balaban J connectivity index is 2.04. The normalized spacial score (nSPS) is 12.7. The average Bonchev–Trinajstić information content (AvgIpc) is 2.89. The maximum Gasteiger partial charge on any atom is 0.0708 e. The number of hydrogen-bond acceptors (Lipinski definition) is 3. The van der Waals surface area contributed by atoms with Crippen molar-refractivity contribution in [3.63, 3.8) is 0 Å². The number of nitrogens with zero attached hydrogens (tertiary/aromatic N) is 3. The first-order valence-corrected chi connectivity index (χ1v) is 7.18. The summed E-state index contributed by atoms with van der Waals surface area (Å²) in [5.41, 5.74) is 4.63. The minimum Gasteiger partial charge on any atom is -0.313 e. The summed E-state index contributed by atoms with van der Waals surface area (Å²) in [7, 11) is 3.95. The van der Waals surface area contributed by atoms with Crippen LogP contribution in [0.25, 0.3) is 10.9 Å². The second kappa shape index (κ2) is 5.66. The Morgan fingerprint density at radius 1 is 1.29 bits per heavy atom. The Hall–Kier alpha value is -2.20. The molecular weight excluding hydrogens is 260 g/mol. The fourth-order valence-electron chi connectivity index (χ4n) is 2.81. The maximum atomic E-state index is 4.62. The SMILES string of the molecule is CNC(Cc1cnn(C)c1)c1cc(C)nc2ccccc12. The molecule has 108 valence electrons. The van der Waals surface area contributed by atoms with Crippen molar-refractivity contribution >= 4 is 10.9 Å². The second-order valence-electron chi connectivity index (χ2n) is 5.44. The van der Waals surface area contributed by atoms with Crippen molar-refractivity contribution in [2.45, 2.75) is 19.4 Å². The second-order valence-corrected chi connectivity index (χ2v) is 5.44. The van der Waals surface area contributed by atoms with Crippen LogP contribution >= 0.6 is 0 Å². The number of hydrogen-bond donors (Lipinski definition) is 1. The van der Waals surface area contributed by atoms with Gasteiger partial charge in [0.2, 0.25) is 0 Å². The molecule has 3 rings (SSSR count). The fourth-order valence-corrected chi connectivity index (χ4v) is 2.81. The van der Waals surface area contributed by atoms with Crippen molar-refractivity contribution in [2.75, 3.05) is 7.05 Å². The molecule has 2 aromatic heterocycles. The largest absolute Gasteiger partial charge is 0.313 e. The van der Waals surface area contributed by atoms with Crippen LogP contribution in [0.4, 0.5) is 0 Å². The van der Waals surface area contributed by atoms with Crippen molar-refractivity contribution in [3.8, 4) is 0 Å². The van der Waals surface area contributed by atoms with Crippen LogP contribution in [0, 0.1) is 6.92 Å². The molecule has 3 aromatic rings. The van der Waals surface area contributed by atoms with Crippen LogP contribution in [0.2, 0.25) is 0 Å². The van der Waals surface area contributed by atoms with Gasteiger partial charge in [-0.1, -0.05) is 18.2 Å². The van der Waals surface area contributed by atoms with E-state index in [2.05, 4.69) is 45.9 Å². The standard InChI is InChI=1S/C17H20N4/c1-12-8-15(14-6-4-5-7-16(14)20-12)17(18-2)9-13-10-19-21(3)11-13/h4-8,10-11,17-18H,9H2,1-3H3. The molecule has 0 saturated heterocycles. The highest BCUT2D eigenvalue weighted by atomic mass is 15.2. The molecule has 0 saturated carbocycles. The first-order chi connectivity index (χ1) is 10.2. The van der Waals surface area contributed by atoms with E-state index < -0.39 is 0 Å². The van der Waals surface area contributed by atoms with E-state index in [1.165, 1.54) is 16.5 Å². The van der Waals surface area contributed by atoms with Gasteiger partial charge in [-0.05, 0) is 43.7 Å². The predicted molar refractivity (Wildman–Crippen MR) is 85.2 cm³/mol. The highest BCUT2D eigenvalue weighted by molar-refractivity contribution is 5.82. The third-order valence-corrected chi connectivity index (χ3v) is 3.80. The molecule has 4 heteroatoms. The molecule has 0 amide bonds. The van der Waals surface area contributed by atoms with E-state index in [0.29, 0.717) is 0 Å². The van der Waals surface area contributed by atoms with Crippen molar-refractivity contribution in [1.29, 1.82) is 0 Å². The molecule has 21 heavy (non-hydrogen) atoms. The number of benzene rings is 1. The molecule has 0 aliphatic carbocycles. The molecule has 1 atom stereocenters. The number of aryl methyl sites for hydroxylation is 2. The van der Waals surface area contributed by atoms with Gasteiger partial charge in [0, 0.05) is 30.4 Å². The number of fused-ring (bicyclic) bond motifs is 1. The molecular formula is C17H20N4. The maximum absolute atomic E-state index is 4.62. The van der Waals surface area contributed by atoms with E-state index in [0.717, 1.165) is 17.6 Å². The number of likely N-dealkylation sites (N-methyl/N-ethyl adjacent to an activating group) is 1. The Morgan fingerprint density at radius 3 is 2.81 bits per heavy atom. The lowest BCUT2D eigenvalue weighted by atomic mass is 9.96. The number of pyridine rings is 1. The lowest BCUT2D eigenvalue weighted by molar-refractivity contribution is 0.595. The van der Waals surface area contributed by atoms with Crippen molar-refractivity contribution in [2.24, 2.45) is 7.05 Å². The molecule has 2 heterocycles. The van der Waals surface area contributed by atoms with Gasteiger partial charge in [0.05, 0.1) is 11.7 Å². The lowest BCUT2D eigenvalue weighted by Gasteiger charge is -2.18. The van der Waals surface area contributed by atoms with Gasteiger partial charge in [-0.15, -0.1) is 0 Å². The first-order valence-electron chi connectivity index (χ1n) is 7.18. The summed E-state index contributed by atoms with van der Waals surface area (Å²) in [4.78, 5) is 4.62. The van der Waals surface area contributed by atoms with Crippen LogP contribution in [-0.4, -0.2) is 21.8 Å². The van der Waals surface area contributed by atoms with Crippen LogP contribution in [-0.2, 0) is 13.5 Å². The zero-order chi connectivity index (χ0) is 14.8. The number of aromatic nitrogens is 3. The van der Waals surface area contributed by atoms with Gasteiger partial charge >= 0.3 is 0 Å². The summed E-state index contributed by atoms with van der Waals surface area (Å²) >= 11 is 0. The summed E-state index contributed by atoms with van der Waals surface area (Å²) in [6.45, 7) is 2.05.